The summed E-state index contributed by atoms with van der Waals surface area (Å²) < 4.78 is 38.9. The summed E-state index contributed by atoms with van der Waals surface area (Å²) in [5.41, 5.74) is 5.01. The first-order valence-electron chi connectivity index (χ1n) is 5.66. The molecule has 1 aromatic carbocycles. The van der Waals surface area contributed by atoms with Gasteiger partial charge in [-0.15, -0.1) is 24.8 Å². The monoisotopic (exact) mass is 316 g/mol. The molecule has 3 N–H and O–H groups in total. The molecular weight excluding hydrogens is 300 g/mol. The second-order valence-electron chi connectivity index (χ2n) is 4.33. The van der Waals surface area contributed by atoms with E-state index in [-0.39, 0.29) is 36.4 Å². The quantitative estimate of drug-likeness (QED) is 0.777. The molecule has 0 saturated carbocycles. The zero-order valence-electron chi connectivity index (χ0n) is 10.2. The molecule has 1 fully saturated rings. The summed E-state index contributed by atoms with van der Waals surface area (Å²) in [6.45, 7) is 1.52. The van der Waals surface area contributed by atoms with Gasteiger partial charge in [0.05, 0.1) is 5.56 Å². The molecule has 1 aliphatic rings. The van der Waals surface area contributed by atoms with E-state index in [0.717, 1.165) is 25.9 Å². The number of nitrogens with one attached hydrogen (secondary N) is 1. The Morgan fingerprint density at radius 1 is 1.11 bits per heavy atom. The topological polar surface area (TPSA) is 38.0 Å². The molecule has 0 bridgehead atoms. The van der Waals surface area contributed by atoms with Gasteiger partial charge in [0, 0.05) is 5.69 Å². The van der Waals surface area contributed by atoms with Crippen LogP contribution < -0.4 is 11.1 Å². The van der Waals surface area contributed by atoms with Crippen LogP contribution in [0.4, 0.5) is 18.9 Å². The predicted octanol–water partition coefficient (Wildman–Crippen LogP) is 3.60. The number of piperidine rings is 1. The smallest absolute Gasteiger partial charge is 0.398 e. The van der Waals surface area contributed by atoms with Crippen molar-refractivity contribution in [2.24, 2.45) is 0 Å². The highest BCUT2D eigenvalue weighted by Gasteiger charge is 2.37. The average Bonchev–Trinajstić information content (AvgIpc) is 2.28. The fourth-order valence-electron chi connectivity index (χ4n) is 2.39. The summed E-state index contributed by atoms with van der Waals surface area (Å²) in [5.74, 6) is -0.0450. The summed E-state index contributed by atoms with van der Waals surface area (Å²) in [5, 5.41) is 3.14. The lowest BCUT2D eigenvalue weighted by molar-refractivity contribution is -0.137. The van der Waals surface area contributed by atoms with Crippen LogP contribution in [0, 0.1) is 0 Å². The molecule has 2 rings (SSSR count). The van der Waals surface area contributed by atoms with E-state index in [0.29, 0.717) is 5.56 Å². The Kier molecular flexibility index (Phi) is 6.97. The van der Waals surface area contributed by atoms with Crippen molar-refractivity contribution in [3.8, 4) is 0 Å². The van der Waals surface area contributed by atoms with E-state index in [9.17, 15) is 13.2 Å². The number of halogens is 5. The fourth-order valence-corrected chi connectivity index (χ4v) is 2.39. The van der Waals surface area contributed by atoms with Crippen molar-refractivity contribution in [2.75, 3.05) is 18.8 Å². The van der Waals surface area contributed by atoms with Crippen LogP contribution >= 0.6 is 24.8 Å². The molecule has 1 aromatic rings. The van der Waals surface area contributed by atoms with Gasteiger partial charge in [-0.25, -0.2) is 0 Å². The maximum Gasteiger partial charge on any atom is 0.418 e. The van der Waals surface area contributed by atoms with E-state index in [4.69, 9.17) is 5.73 Å². The van der Waals surface area contributed by atoms with Crippen molar-refractivity contribution < 1.29 is 13.2 Å². The second kappa shape index (κ2) is 7.22. The van der Waals surface area contributed by atoms with Crippen molar-refractivity contribution in [3.63, 3.8) is 0 Å². The number of anilines is 1. The van der Waals surface area contributed by atoms with Gasteiger partial charge in [-0.1, -0.05) is 12.1 Å². The highest BCUT2D eigenvalue weighted by molar-refractivity contribution is 5.85. The number of hydrogen-bond acceptors (Lipinski definition) is 2. The van der Waals surface area contributed by atoms with Crippen LogP contribution in [0.2, 0.25) is 0 Å². The normalized spacial score (nSPS) is 16.4. The average molecular weight is 317 g/mol. The second-order valence-corrected chi connectivity index (χ2v) is 4.33. The molecule has 1 saturated heterocycles. The third-order valence-corrected chi connectivity index (χ3v) is 3.19. The Balaban J connectivity index is 0.00000162. The van der Waals surface area contributed by atoms with Gasteiger partial charge in [-0.2, -0.15) is 13.2 Å². The Labute approximate surface area is 122 Å². The summed E-state index contributed by atoms with van der Waals surface area (Å²) in [6, 6.07) is 4.46. The Morgan fingerprint density at radius 2 is 1.68 bits per heavy atom. The molecule has 19 heavy (non-hydrogen) atoms. The standard InChI is InChI=1S/C12H15F3N2.2ClH/c13-12(14,15)11-9(2-1-3-10(11)16)8-4-6-17-7-5-8;;/h1-3,8,17H,4-7,16H2;2*1H. The van der Waals surface area contributed by atoms with Crippen LogP contribution in [0.1, 0.15) is 29.9 Å². The van der Waals surface area contributed by atoms with Crippen molar-refractivity contribution in [1.82, 2.24) is 5.32 Å². The predicted molar refractivity (Wildman–Crippen MR) is 75.2 cm³/mol. The summed E-state index contributed by atoms with van der Waals surface area (Å²) in [7, 11) is 0. The fraction of sp³-hybridized carbons (Fsp3) is 0.500. The Hall–Kier alpha value is -0.650. The van der Waals surface area contributed by atoms with E-state index in [1.165, 1.54) is 6.07 Å². The molecule has 0 aromatic heterocycles. The van der Waals surface area contributed by atoms with Crippen molar-refractivity contribution in [3.05, 3.63) is 29.3 Å². The molecule has 0 radical (unpaired) electrons. The van der Waals surface area contributed by atoms with Gasteiger partial charge in [0.2, 0.25) is 0 Å². The largest absolute Gasteiger partial charge is 0.418 e. The summed E-state index contributed by atoms with van der Waals surface area (Å²) in [6.07, 6.45) is -2.91. The zero-order valence-corrected chi connectivity index (χ0v) is 11.8. The number of nitrogens with two attached hydrogens (primary N) is 1. The molecule has 0 amide bonds. The Bertz CT molecular complexity index is 404. The maximum absolute atomic E-state index is 13.0. The molecule has 1 heterocycles. The van der Waals surface area contributed by atoms with E-state index < -0.39 is 11.7 Å². The van der Waals surface area contributed by atoms with E-state index in [2.05, 4.69) is 5.32 Å². The first-order chi connectivity index (χ1) is 8.00. The number of rotatable bonds is 1. The first-order valence-corrected chi connectivity index (χ1v) is 5.66. The van der Waals surface area contributed by atoms with Crippen LogP contribution in [0.25, 0.3) is 0 Å². The highest BCUT2D eigenvalue weighted by Crippen LogP contribution is 2.40. The third kappa shape index (κ3) is 4.16. The molecule has 0 aliphatic carbocycles. The SMILES string of the molecule is Cl.Cl.Nc1cccc(C2CCNCC2)c1C(F)(F)F. The van der Waals surface area contributed by atoms with Gasteiger partial charge < -0.3 is 11.1 Å². The van der Waals surface area contributed by atoms with Crippen LogP contribution in [0.3, 0.4) is 0 Å². The molecule has 0 atom stereocenters. The minimum absolute atomic E-state index is 0. The summed E-state index contributed by atoms with van der Waals surface area (Å²) >= 11 is 0. The van der Waals surface area contributed by atoms with Gasteiger partial charge in [-0.05, 0) is 43.5 Å². The van der Waals surface area contributed by atoms with Gasteiger partial charge in [-0.3, -0.25) is 0 Å². The number of hydrogen-bond donors (Lipinski definition) is 2. The van der Waals surface area contributed by atoms with Crippen LogP contribution in [-0.4, -0.2) is 13.1 Å². The molecule has 0 unspecified atom stereocenters. The third-order valence-electron chi connectivity index (χ3n) is 3.19. The lowest BCUT2D eigenvalue weighted by atomic mass is 9.86. The molecule has 7 heteroatoms. The van der Waals surface area contributed by atoms with Gasteiger partial charge in [0.15, 0.2) is 0 Å². The minimum atomic E-state index is -4.37. The van der Waals surface area contributed by atoms with Crippen molar-refractivity contribution >= 4 is 30.5 Å². The van der Waals surface area contributed by atoms with E-state index in [1.807, 2.05) is 0 Å². The number of alkyl halides is 3. The molecule has 2 nitrogen and oxygen atoms in total. The van der Waals surface area contributed by atoms with Crippen molar-refractivity contribution in [2.45, 2.75) is 24.9 Å². The molecule has 110 valence electrons. The van der Waals surface area contributed by atoms with E-state index in [1.54, 1.807) is 12.1 Å². The molecular formula is C12H17Cl2F3N2. The molecule has 1 aliphatic heterocycles. The van der Waals surface area contributed by atoms with Crippen molar-refractivity contribution in [1.29, 1.82) is 0 Å². The summed E-state index contributed by atoms with van der Waals surface area (Å²) in [4.78, 5) is 0. The minimum Gasteiger partial charge on any atom is -0.398 e. The lowest BCUT2D eigenvalue weighted by Crippen LogP contribution is -2.28. The van der Waals surface area contributed by atoms with Crippen LogP contribution in [0.15, 0.2) is 18.2 Å². The number of nitrogen functional groups attached to an aromatic ring is 1. The molecule has 0 spiro atoms. The highest BCUT2D eigenvalue weighted by atomic mass is 35.5. The van der Waals surface area contributed by atoms with Crippen LogP contribution in [0.5, 0.6) is 0 Å². The lowest BCUT2D eigenvalue weighted by Gasteiger charge is -2.26. The van der Waals surface area contributed by atoms with E-state index >= 15 is 0 Å². The van der Waals surface area contributed by atoms with Gasteiger partial charge >= 0.3 is 6.18 Å². The van der Waals surface area contributed by atoms with Gasteiger partial charge in [0.1, 0.15) is 0 Å². The number of benzene rings is 1. The Morgan fingerprint density at radius 3 is 2.21 bits per heavy atom. The maximum atomic E-state index is 13.0. The van der Waals surface area contributed by atoms with Gasteiger partial charge in [0.25, 0.3) is 0 Å². The first kappa shape index (κ1) is 18.4. The zero-order chi connectivity index (χ0) is 12.5. The van der Waals surface area contributed by atoms with Crippen LogP contribution in [-0.2, 0) is 6.18 Å².